The summed E-state index contributed by atoms with van der Waals surface area (Å²) < 4.78 is 11.4. The van der Waals surface area contributed by atoms with E-state index in [9.17, 15) is 9.59 Å². The second-order valence-corrected chi connectivity index (χ2v) is 9.36. The normalized spacial score (nSPS) is 21.7. The van der Waals surface area contributed by atoms with Gasteiger partial charge in [-0.05, 0) is 72.8 Å². The van der Waals surface area contributed by atoms with Gasteiger partial charge in [0.05, 0.1) is 23.6 Å². The lowest BCUT2D eigenvalue weighted by molar-refractivity contribution is -0.329. The van der Waals surface area contributed by atoms with E-state index in [0.717, 1.165) is 32.4 Å². The van der Waals surface area contributed by atoms with E-state index in [-0.39, 0.29) is 12.2 Å². The van der Waals surface area contributed by atoms with Gasteiger partial charge in [-0.1, -0.05) is 0 Å². The van der Waals surface area contributed by atoms with Crippen LogP contribution in [0.4, 0.5) is 0 Å². The average Bonchev–Trinajstić information content (AvgIpc) is 3.44. The fraction of sp³-hybridized carbons (Fsp3) is 0.810. The minimum Gasteiger partial charge on any atom is -0.353 e. The van der Waals surface area contributed by atoms with Gasteiger partial charge in [-0.2, -0.15) is 0 Å². The summed E-state index contributed by atoms with van der Waals surface area (Å²) in [7, 11) is 1.93. The third-order valence-corrected chi connectivity index (χ3v) is 5.92. The van der Waals surface area contributed by atoms with Gasteiger partial charge in [-0.3, -0.25) is 19.8 Å². The molecule has 0 bridgehead atoms. The van der Waals surface area contributed by atoms with Crippen LogP contribution in [0.5, 0.6) is 0 Å². The number of carbonyl (C=O) groups is 2. The summed E-state index contributed by atoms with van der Waals surface area (Å²) in [6.45, 7) is 9.63. The second kappa shape index (κ2) is 9.48. The molecule has 0 spiro atoms. The second-order valence-electron chi connectivity index (χ2n) is 9.36. The fourth-order valence-electron chi connectivity index (χ4n) is 2.98. The molecule has 28 heavy (non-hydrogen) atoms. The standard InChI is InChI=1S/C21H37N3O4/c1-20(2,14-28-18-8-6-7-11-27-18)16(22)12-17(25)23-19(26)21(3,4)24(5)13-15-9-10-15/h12,15,18H,6-11,13-14,22H2,1-5H3,(H,23,25,26)/p+1. The van der Waals surface area contributed by atoms with Crippen molar-refractivity contribution in [2.75, 3.05) is 26.8 Å². The Hall–Kier alpha value is -1.28. The van der Waals surface area contributed by atoms with Gasteiger partial charge in [0.2, 0.25) is 5.91 Å². The fourth-order valence-corrected chi connectivity index (χ4v) is 2.98. The lowest BCUT2D eigenvalue weighted by Crippen LogP contribution is -2.57. The van der Waals surface area contributed by atoms with Crippen LogP contribution in [-0.4, -0.2) is 55.3 Å². The molecule has 1 saturated heterocycles. The molecule has 0 aromatic rings. The van der Waals surface area contributed by atoms with Crippen LogP contribution in [-0.2, 0) is 19.1 Å². The number of hydrogen-bond donors (Lipinski definition) is 2. The maximum atomic E-state index is 12.6. The Kier molecular flexibility index (Phi) is 7.79. The first-order valence-corrected chi connectivity index (χ1v) is 10.4. The molecule has 1 aliphatic heterocycles. The number of hydrogen-bond acceptors (Lipinski definition) is 5. The highest BCUT2D eigenvalue weighted by Gasteiger charge is 2.36. The van der Waals surface area contributed by atoms with Crippen LogP contribution in [0.25, 0.3) is 0 Å². The first-order valence-electron chi connectivity index (χ1n) is 10.4. The summed E-state index contributed by atoms with van der Waals surface area (Å²) >= 11 is 0. The molecule has 2 rings (SSSR count). The molecule has 7 nitrogen and oxygen atoms in total. The molecule has 1 atom stereocenters. The smallest absolute Gasteiger partial charge is 0.256 e. The minimum atomic E-state index is -0.746. The third kappa shape index (κ3) is 6.65. The van der Waals surface area contributed by atoms with Crippen molar-refractivity contribution in [2.45, 2.75) is 71.6 Å². The van der Waals surface area contributed by atoms with Crippen LogP contribution in [0.3, 0.4) is 0 Å². The molecule has 1 saturated carbocycles. The Bertz CT molecular complexity index is 590. The van der Waals surface area contributed by atoms with E-state index >= 15 is 0 Å². The van der Waals surface area contributed by atoms with Gasteiger partial charge >= 0.3 is 0 Å². The van der Waals surface area contributed by atoms with E-state index in [1.807, 2.05) is 39.6 Å². The van der Waals surface area contributed by atoms with Gasteiger partial charge in [-0.25, -0.2) is 0 Å². The molecule has 2 aliphatic rings. The molecule has 4 N–H and O–H groups in total. The molecular formula is C21H38N3O4+. The minimum absolute atomic E-state index is 0.181. The van der Waals surface area contributed by atoms with Crippen molar-refractivity contribution in [1.82, 2.24) is 10.2 Å². The number of ether oxygens (including phenoxy) is 2. The van der Waals surface area contributed by atoms with Gasteiger partial charge in [0.15, 0.2) is 6.29 Å². The summed E-state index contributed by atoms with van der Waals surface area (Å²) in [5.41, 5.74) is 3.47. The van der Waals surface area contributed by atoms with Gasteiger partial charge in [0.1, 0.15) is 5.70 Å². The topological polar surface area (TPSA) is 95.5 Å². The van der Waals surface area contributed by atoms with Gasteiger partial charge < -0.3 is 15.2 Å². The number of likely N-dealkylation sites (N-methyl/N-ethyl adjacent to an activating group) is 1. The summed E-state index contributed by atoms with van der Waals surface area (Å²) in [5, 5.41) is 2.50. The van der Waals surface area contributed by atoms with Crippen LogP contribution in [0.1, 0.15) is 59.8 Å². The van der Waals surface area contributed by atoms with Gasteiger partial charge in [0.25, 0.3) is 5.91 Å². The lowest BCUT2D eigenvalue weighted by Gasteiger charge is -2.33. The van der Waals surface area contributed by atoms with Crippen LogP contribution >= 0.6 is 0 Å². The van der Waals surface area contributed by atoms with E-state index < -0.39 is 16.9 Å². The Labute approximate surface area is 169 Å². The molecule has 2 amide bonds. The van der Waals surface area contributed by atoms with Gasteiger partial charge in [-0.15, -0.1) is 0 Å². The Balaban J connectivity index is 1.86. The van der Waals surface area contributed by atoms with Crippen LogP contribution in [0, 0.1) is 11.3 Å². The number of rotatable bonds is 9. The van der Waals surface area contributed by atoms with Crippen molar-refractivity contribution in [2.24, 2.45) is 11.3 Å². The highest BCUT2D eigenvalue weighted by molar-refractivity contribution is 6.04. The molecule has 2 fully saturated rings. The van der Waals surface area contributed by atoms with E-state index in [1.165, 1.54) is 18.9 Å². The SMILES string of the molecule is CN(CC1CC1)C(C)(C)C(=O)NC(=O)C=C([NH3+])C(C)(C)COC1CCCCO1. The van der Waals surface area contributed by atoms with Gasteiger partial charge in [0, 0.05) is 13.2 Å². The van der Waals surface area contributed by atoms with Crippen LogP contribution < -0.4 is 11.1 Å². The zero-order valence-corrected chi connectivity index (χ0v) is 18.2. The number of quaternary nitrogens is 1. The first-order chi connectivity index (χ1) is 13.0. The van der Waals surface area contributed by atoms with Crippen molar-refractivity contribution < 1.29 is 24.8 Å². The molecule has 160 valence electrons. The number of carbonyl (C=O) groups excluding carboxylic acids is 2. The molecular weight excluding hydrogens is 358 g/mol. The molecule has 7 heteroatoms. The summed E-state index contributed by atoms with van der Waals surface area (Å²) in [4.78, 5) is 27.0. The van der Waals surface area contributed by atoms with E-state index in [2.05, 4.69) is 11.1 Å². The quantitative estimate of drug-likeness (QED) is 0.575. The number of nitrogens with one attached hydrogen (secondary N) is 1. The largest absolute Gasteiger partial charge is 0.353 e. The van der Waals surface area contributed by atoms with Crippen molar-refractivity contribution >= 4 is 11.8 Å². The Morgan fingerprint density at radius 3 is 2.46 bits per heavy atom. The Morgan fingerprint density at radius 2 is 1.89 bits per heavy atom. The zero-order valence-electron chi connectivity index (χ0n) is 18.2. The van der Waals surface area contributed by atoms with Crippen LogP contribution in [0.2, 0.25) is 0 Å². The number of imide groups is 1. The predicted octanol–water partition coefficient (Wildman–Crippen LogP) is 1.44. The molecule has 1 unspecified atom stereocenters. The third-order valence-electron chi connectivity index (χ3n) is 5.92. The maximum absolute atomic E-state index is 12.6. The van der Waals surface area contributed by atoms with E-state index in [4.69, 9.17) is 9.47 Å². The Morgan fingerprint density at radius 1 is 1.21 bits per heavy atom. The molecule has 0 radical (unpaired) electrons. The maximum Gasteiger partial charge on any atom is 0.256 e. The van der Waals surface area contributed by atoms with E-state index in [0.29, 0.717) is 18.2 Å². The highest BCUT2D eigenvalue weighted by atomic mass is 16.7. The summed E-state index contributed by atoms with van der Waals surface area (Å²) in [6, 6.07) is 0. The van der Waals surface area contributed by atoms with Crippen molar-refractivity contribution in [3.63, 3.8) is 0 Å². The first kappa shape index (κ1) is 23.0. The molecule has 1 heterocycles. The number of nitrogens with zero attached hydrogens (tertiary/aromatic N) is 1. The zero-order chi connectivity index (χ0) is 20.9. The van der Waals surface area contributed by atoms with Crippen LogP contribution in [0.15, 0.2) is 11.8 Å². The number of amides is 2. The molecule has 0 aromatic carbocycles. The highest BCUT2D eigenvalue weighted by Crippen LogP contribution is 2.31. The molecule has 0 aromatic heterocycles. The van der Waals surface area contributed by atoms with E-state index in [1.54, 1.807) is 0 Å². The summed E-state index contributed by atoms with van der Waals surface area (Å²) in [5.74, 6) is -0.0627. The lowest BCUT2D eigenvalue weighted by atomic mass is 9.90. The summed E-state index contributed by atoms with van der Waals surface area (Å²) in [6.07, 6.45) is 6.73. The van der Waals surface area contributed by atoms with Crippen molar-refractivity contribution in [3.05, 3.63) is 11.8 Å². The van der Waals surface area contributed by atoms with Crippen molar-refractivity contribution in [3.8, 4) is 0 Å². The molecule has 1 aliphatic carbocycles. The average molecular weight is 397 g/mol. The van der Waals surface area contributed by atoms with Crippen molar-refractivity contribution in [1.29, 1.82) is 0 Å². The monoisotopic (exact) mass is 396 g/mol. The predicted molar refractivity (Wildman–Crippen MR) is 107 cm³/mol.